The van der Waals surface area contributed by atoms with Crippen molar-refractivity contribution in [2.24, 2.45) is 5.10 Å². The molecule has 0 aromatic heterocycles. The topological polar surface area (TPSA) is 78.4 Å². The number of halogens is 1. The van der Waals surface area contributed by atoms with Crippen LogP contribution in [0, 0.1) is 0 Å². The molecule has 7 nitrogen and oxygen atoms in total. The highest BCUT2D eigenvalue weighted by Crippen LogP contribution is 2.36. The number of ether oxygens (including phenoxy) is 4. The Kier molecular flexibility index (Phi) is 4.07. The maximum absolute atomic E-state index is 12.0. The molecule has 4 rings (SSSR count). The van der Waals surface area contributed by atoms with Crippen molar-refractivity contribution in [1.29, 1.82) is 0 Å². The van der Waals surface area contributed by atoms with Crippen molar-refractivity contribution in [3.05, 3.63) is 46.5 Å². The second-order valence-corrected chi connectivity index (χ2v) is 5.79. The Bertz CT molecular complexity index is 868. The van der Waals surface area contributed by atoms with E-state index in [0.29, 0.717) is 33.6 Å². The van der Waals surface area contributed by atoms with Gasteiger partial charge in [-0.15, -0.1) is 0 Å². The van der Waals surface area contributed by atoms with Gasteiger partial charge in [-0.3, -0.25) is 4.79 Å². The van der Waals surface area contributed by atoms with Gasteiger partial charge < -0.3 is 18.9 Å². The molecule has 1 amide bonds. The fourth-order valence-electron chi connectivity index (χ4n) is 2.48. The zero-order valence-corrected chi connectivity index (χ0v) is 13.7. The Morgan fingerprint density at radius 1 is 1.04 bits per heavy atom. The fraction of sp³-hybridized carbons (Fsp3) is 0.176. The molecule has 0 unspecified atom stereocenters. The third-order valence-electron chi connectivity index (χ3n) is 3.69. The molecule has 0 saturated heterocycles. The Morgan fingerprint density at radius 2 is 1.72 bits per heavy atom. The lowest BCUT2D eigenvalue weighted by atomic mass is 10.1. The van der Waals surface area contributed by atoms with E-state index in [-0.39, 0.29) is 25.9 Å². The van der Waals surface area contributed by atoms with Crippen LogP contribution in [0.15, 0.2) is 35.4 Å². The van der Waals surface area contributed by atoms with Gasteiger partial charge in [0.15, 0.2) is 23.0 Å². The van der Waals surface area contributed by atoms with Crippen molar-refractivity contribution in [3.8, 4) is 23.0 Å². The van der Waals surface area contributed by atoms with E-state index in [1.54, 1.807) is 24.3 Å². The lowest BCUT2D eigenvalue weighted by Gasteiger charge is -2.03. The second kappa shape index (κ2) is 6.52. The van der Waals surface area contributed by atoms with Crippen molar-refractivity contribution >= 4 is 23.7 Å². The van der Waals surface area contributed by atoms with E-state index in [1.165, 1.54) is 6.21 Å². The minimum Gasteiger partial charge on any atom is -0.454 e. The van der Waals surface area contributed by atoms with E-state index in [9.17, 15) is 4.79 Å². The molecule has 0 atom stereocenters. The van der Waals surface area contributed by atoms with E-state index >= 15 is 0 Å². The fourth-order valence-corrected chi connectivity index (χ4v) is 2.68. The third kappa shape index (κ3) is 3.32. The number of carbonyl (C=O) groups is 1. The number of amides is 1. The SMILES string of the molecule is O=C(Cc1ccc2c(c1)OCO2)N/N=C\c1cc2c(cc1Cl)OCO2. The molecule has 1 N–H and O–H groups in total. The number of carbonyl (C=O) groups excluding carboxylic acids is 1. The zero-order valence-electron chi connectivity index (χ0n) is 13.0. The van der Waals surface area contributed by atoms with Crippen molar-refractivity contribution in [1.82, 2.24) is 5.43 Å². The van der Waals surface area contributed by atoms with Gasteiger partial charge in [0, 0.05) is 11.6 Å². The first kappa shape index (κ1) is 15.6. The van der Waals surface area contributed by atoms with Gasteiger partial charge >= 0.3 is 0 Å². The molecule has 2 aromatic carbocycles. The van der Waals surface area contributed by atoms with Gasteiger partial charge in [0.25, 0.3) is 0 Å². The number of nitrogens with zero attached hydrogens (tertiary/aromatic N) is 1. The first-order valence-electron chi connectivity index (χ1n) is 7.48. The number of hydrogen-bond donors (Lipinski definition) is 1. The van der Waals surface area contributed by atoms with Crippen molar-refractivity contribution in [2.45, 2.75) is 6.42 Å². The summed E-state index contributed by atoms with van der Waals surface area (Å²) in [6.45, 7) is 0.365. The van der Waals surface area contributed by atoms with E-state index in [4.69, 9.17) is 30.5 Å². The van der Waals surface area contributed by atoms with Crippen LogP contribution in [-0.2, 0) is 11.2 Å². The molecular weight excluding hydrogens is 348 g/mol. The van der Waals surface area contributed by atoms with Crippen molar-refractivity contribution in [3.63, 3.8) is 0 Å². The van der Waals surface area contributed by atoms with Crippen LogP contribution in [0.1, 0.15) is 11.1 Å². The summed E-state index contributed by atoms with van der Waals surface area (Å²) < 4.78 is 21.0. The Labute approximate surface area is 148 Å². The summed E-state index contributed by atoms with van der Waals surface area (Å²) in [6.07, 6.45) is 1.63. The van der Waals surface area contributed by atoms with Crippen LogP contribution in [0.3, 0.4) is 0 Å². The highest BCUT2D eigenvalue weighted by Gasteiger charge is 2.16. The van der Waals surface area contributed by atoms with E-state index in [1.807, 2.05) is 6.07 Å². The minimum absolute atomic E-state index is 0.165. The number of benzene rings is 2. The summed E-state index contributed by atoms with van der Waals surface area (Å²) in [5, 5.41) is 4.39. The van der Waals surface area contributed by atoms with Crippen LogP contribution in [0.2, 0.25) is 5.02 Å². The molecule has 0 spiro atoms. The summed E-state index contributed by atoms with van der Waals surface area (Å²) >= 11 is 6.14. The van der Waals surface area contributed by atoms with E-state index < -0.39 is 0 Å². The van der Waals surface area contributed by atoms with Gasteiger partial charge in [0.05, 0.1) is 17.7 Å². The molecule has 0 saturated carbocycles. The Balaban J connectivity index is 1.38. The number of rotatable bonds is 4. The predicted molar refractivity (Wildman–Crippen MR) is 89.6 cm³/mol. The minimum atomic E-state index is -0.257. The van der Waals surface area contributed by atoms with Crippen LogP contribution in [-0.4, -0.2) is 25.7 Å². The summed E-state index contributed by atoms with van der Waals surface area (Å²) in [5.74, 6) is 2.25. The lowest BCUT2D eigenvalue weighted by molar-refractivity contribution is -0.120. The smallest absolute Gasteiger partial charge is 0.244 e. The number of hydrazone groups is 1. The van der Waals surface area contributed by atoms with Crippen LogP contribution >= 0.6 is 11.6 Å². The average molecular weight is 361 g/mol. The summed E-state index contributed by atoms with van der Waals surface area (Å²) in [7, 11) is 0. The lowest BCUT2D eigenvalue weighted by Crippen LogP contribution is -2.19. The molecule has 0 aliphatic carbocycles. The summed E-state index contributed by atoms with van der Waals surface area (Å²) in [5.41, 5.74) is 3.89. The Morgan fingerprint density at radius 3 is 2.52 bits per heavy atom. The van der Waals surface area contributed by atoms with E-state index in [2.05, 4.69) is 10.5 Å². The molecule has 2 aliphatic rings. The molecule has 0 bridgehead atoms. The van der Waals surface area contributed by atoms with Crippen molar-refractivity contribution in [2.75, 3.05) is 13.6 Å². The van der Waals surface area contributed by atoms with Gasteiger partial charge in [0.1, 0.15) is 0 Å². The van der Waals surface area contributed by atoms with Crippen LogP contribution in [0.25, 0.3) is 0 Å². The molecule has 2 heterocycles. The standard InChI is InChI=1S/C17H13ClN2O5/c18-12-6-16-15(24-9-25-16)5-11(12)7-19-20-17(21)4-10-1-2-13-14(3-10)23-8-22-13/h1-3,5-7H,4,8-9H2,(H,20,21)/b19-7-. The van der Waals surface area contributed by atoms with Crippen LogP contribution in [0.5, 0.6) is 23.0 Å². The molecule has 0 fully saturated rings. The number of fused-ring (bicyclic) bond motifs is 2. The third-order valence-corrected chi connectivity index (χ3v) is 4.01. The maximum atomic E-state index is 12.0. The molecule has 128 valence electrons. The summed E-state index contributed by atoms with van der Waals surface area (Å²) in [4.78, 5) is 12.0. The first-order chi connectivity index (χ1) is 12.2. The predicted octanol–water partition coefficient (Wildman–Crippen LogP) is 2.49. The number of hydrogen-bond acceptors (Lipinski definition) is 6. The molecular formula is C17H13ClN2O5. The van der Waals surface area contributed by atoms with Gasteiger partial charge in [-0.05, 0) is 23.8 Å². The summed E-state index contributed by atoms with van der Waals surface area (Å²) in [6, 6.07) is 8.73. The van der Waals surface area contributed by atoms with Gasteiger partial charge in [-0.2, -0.15) is 5.10 Å². The highest BCUT2D eigenvalue weighted by molar-refractivity contribution is 6.33. The average Bonchev–Trinajstić information content (AvgIpc) is 3.23. The van der Waals surface area contributed by atoms with Crippen molar-refractivity contribution < 1.29 is 23.7 Å². The molecule has 0 radical (unpaired) electrons. The first-order valence-corrected chi connectivity index (χ1v) is 7.86. The molecule has 2 aromatic rings. The quantitative estimate of drug-likeness (QED) is 0.669. The second-order valence-electron chi connectivity index (χ2n) is 5.38. The maximum Gasteiger partial charge on any atom is 0.244 e. The van der Waals surface area contributed by atoms with E-state index in [0.717, 1.165) is 5.56 Å². The Hall–Kier alpha value is -2.93. The van der Waals surface area contributed by atoms with Crippen LogP contribution < -0.4 is 24.4 Å². The largest absolute Gasteiger partial charge is 0.454 e. The van der Waals surface area contributed by atoms with Crippen LogP contribution in [0.4, 0.5) is 0 Å². The van der Waals surface area contributed by atoms with Gasteiger partial charge in [0.2, 0.25) is 19.5 Å². The molecule has 8 heteroatoms. The zero-order chi connectivity index (χ0) is 17.2. The normalized spacial score (nSPS) is 14.1. The van der Waals surface area contributed by atoms with Gasteiger partial charge in [-0.1, -0.05) is 17.7 Å². The monoisotopic (exact) mass is 360 g/mol. The number of nitrogens with one attached hydrogen (secondary N) is 1. The molecule has 25 heavy (non-hydrogen) atoms. The highest BCUT2D eigenvalue weighted by atomic mass is 35.5. The van der Waals surface area contributed by atoms with Gasteiger partial charge in [-0.25, -0.2) is 5.43 Å². The molecule has 2 aliphatic heterocycles.